The van der Waals surface area contributed by atoms with E-state index in [4.69, 9.17) is 5.26 Å². The van der Waals surface area contributed by atoms with Gasteiger partial charge in [0.1, 0.15) is 17.4 Å². The lowest BCUT2D eigenvalue weighted by molar-refractivity contribution is 0.787. The van der Waals surface area contributed by atoms with E-state index in [0.29, 0.717) is 10.6 Å². The molecule has 0 aromatic carbocycles. The Hall–Kier alpha value is -1.87. The van der Waals surface area contributed by atoms with Crippen molar-refractivity contribution in [2.24, 2.45) is 7.05 Å². The van der Waals surface area contributed by atoms with Crippen LogP contribution in [0.25, 0.3) is 0 Å². The van der Waals surface area contributed by atoms with Crippen LogP contribution in [0.15, 0.2) is 28.8 Å². The molecule has 0 spiro atoms. The number of hydrogen-bond donors (Lipinski definition) is 0. The zero-order valence-corrected chi connectivity index (χ0v) is 9.69. The summed E-state index contributed by atoms with van der Waals surface area (Å²) in [5.74, 6) is 0. The average molecular weight is 231 g/mol. The highest BCUT2D eigenvalue weighted by molar-refractivity contribution is 7.99. The van der Waals surface area contributed by atoms with Gasteiger partial charge in [0.2, 0.25) is 0 Å². The summed E-state index contributed by atoms with van der Waals surface area (Å²) in [5, 5.41) is 18.2. The highest BCUT2D eigenvalue weighted by atomic mass is 32.2. The Labute approximate surface area is 97.1 Å². The predicted molar refractivity (Wildman–Crippen MR) is 58.8 cm³/mol. The zero-order valence-electron chi connectivity index (χ0n) is 8.88. The number of nitrogens with zero attached hydrogens (tertiary/aromatic N) is 5. The van der Waals surface area contributed by atoms with Crippen LogP contribution in [0.2, 0.25) is 0 Å². The third-order valence-corrected chi connectivity index (χ3v) is 3.15. The van der Waals surface area contributed by atoms with E-state index in [2.05, 4.69) is 21.3 Å². The molecule has 0 radical (unpaired) electrons. The van der Waals surface area contributed by atoms with Crippen LogP contribution in [0.3, 0.4) is 0 Å². The van der Waals surface area contributed by atoms with Crippen LogP contribution in [0.1, 0.15) is 11.1 Å². The quantitative estimate of drug-likeness (QED) is 0.784. The van der Waals surface area contributed by atoms with Crippen molar-refractivity contribution in [3.05, 3.63) is 29.7 Å². The fourth-order valence-electron chi connectivity index (χ4n) is 1.20. The maximum atomic E-state index is 9.05. The van der Waals surface area contributed by atoms with Crippen molar-refractivity contribution < 1.29 is 0 Å². The normalized spacial score (nSPS) is 10.1. The van der Waals surface area contributed by atoms with Gasteiger partial charge < -0.3 is 4.57 Å². The first-order chi connectivity index (χ1) is 7.72. The molecule has 0 atom stereocenters. The smallest absolute Gasteiger partial charge is 0.197 e. The topological polar surface area (TPSA) is 67.4 Å². The Morgan fingerprint density at radius 1 is 1.50 bits per heavy atom. The molecule has 0 bridgehead atoms. The van der Waals surface area contributed by atoms with Crippen molar-refractivity contribution >= 4 is 11.8 Å². The number of pyridine rings is 1. The summed E-state index contributed by atoms with van der Waals surface area (Å²) in [7, 11) is 1.85. The van der Waals surface area contributed by atoms with E-state index >= 15 is 0 Å². The first-order valence-corrected chi connectivity index (χ1v) is 5.41. The van der Waals surface area contributed by atoms with Crippen LogP contribution in [0.4, 0.5) is 0 Å². The summed E-state index contributed by atoms with van der Waals surface area (Å²) in [6, 6.07) is 3.97. The second-order valence-electron chi connectivity index (χ2n) is 3.25. The lowest BCUT2D eigenvalue weighted by Gasteiger charge is -2.03. The number of nitriles is 1. The van der Waals surface area contributed by atoms with E-state index in [1.807, 2.05) is 20.0 Å². The Balaban J connectivity index is 2.40. The monoisotopic (exact) mass is 231 g/mol. The Bertz CT molecular complexity index is 555. The molecule has 0 saturated carbocycles. The summed E-state index contributed by atoms with van der Waals surface area (Å²) >= 11 is 1.34. The molecule has 2 rings (SSSR count). The summed E-state index contributed by atoms with van der Waals surface area (Å²) in [6.07, 6.45) is 3.30. The molecule has 16 heavy (non-hydrogen) atoms. The van der Waals surface area contributed by atoms with E-state index < -0.39 is 0 Å². The van der Waals surface area contributed by atoms with Crippen LogP contribution in [0.5, 0.6) is 0 Å². The van der Waals surface area contributed by atoms with Crippen LogP contribution < -0.4 is 0 Å². The van der Waals surface area contributed by atoms with Gasteiger partial charge in [-0.2, -0.15) is 5.26 Å². The van der Waals surface area contributed by atoms with Crippen molar-refractivity contribution in [3.8, 4) is 6.07 Å². The molecular weight excluding hydrogens is 222 g/mol. The second-order valence-corrected chi connectivity index (χ2v) is 4.20. The summed E-state index contributed by atoms with van der Waals surface area (Å²) in [5.41, 5.74) is 1.51. The standard InChI is InChI=1S/C10H9N5S/c1-7-3-4-12-9(8(7)5-11)16-10-14-13-6-15(10)2/h3-4,6H,1-2H3. The van der Waals surface area contributed by atoms with Gasteiger partial charge in [-0.3, -0.25) is 0 Å². The van der Waals surface area contributed by atoms with Crippen LogP contribution in [-0.2, 0) is 7.05 Å². The van der Waals surface area contributed by atoms with Crippen molar-refractivity contribution in [1.29, 1.82) is 5.26 Å². The second kappa shape index (κ2) is 4.33. The van der Waals surface area contributed by atoms with Crippen molar-refractivity contribution in [2.45, 2.75) is 17.1 Å². The van der Waals surface area contributed by atoms with Gasteiger partial charge in [0.25, 0.3) is 0 Å². The minimum Gasteiger partial charge on any atom is -0.311 e. The molecular formula is C10H9N5S. The molecule has 2 aromatic heterocycles. The van der Waals surface area contributed by atoms with Crippen LogP contribution in [-0.4, -0.2) is 19.7 Å². The highest BCUT2D eigenvalue weighted by Gasteiger charge is 2.11. The fourth-order valence-corrected chi connectivity index (χ4v) is 2.07. The first-order valence-electron chi connectivity index (χ1n) is 4.60. The molecule has 0 aliphatic rings. The van der Waals surface area contributed by atoms with Gasteiger partial charge in [0.15, 0.2) is 5.16 Å². The molecule has 5 nitrogen and oxygen atoms in total. The van der Waals surface area contributed by atoms with Gasteiger partial charge in [-0.25, -0.2) is 4.98 Å². The van der Waals surface area contributed by atoms with E-state index in [9.17, 15) is 0 Å². The number of aromatic nitrogens is 4. The van der Waals surface area contributed by atoms with Crippen molar-refractivity contribution in [3.63, 3.8) is 0 Å². The fraction of sp³-hybridized carbons (Fsp3) is 0.200. The molecule has 0 N–H and O–H groups in total. The molecule has 2 heterocycles. The van der Waals surface area contributed by atoms with E-state index in [1.54, 1.807) is 17.1 Å². The molecule has 0 aliphatic heterocycles. The largest absolute Gasteiger partial charge is 0.311 e. The van der Waals surface area contributed by atoms with Gasteiger partial charge >= 0.3 is 0 Å². The summed E-state index contributed by atoms with van der Waals surface area (Å²) in [4.78, 5) is 4.19. The maximum absolute atomic E-state index is 9.05. The third kappa shape index (κ3) is 1.90. The van der Waals surface area contributed by atoms with Crippen LogP contribution in [0, 0.1) is 18.3 Å². The Morgan fingerprint density at radius 2 is 2.31 bits per heavy atom. The van der Waals surface area contributed by atoms with E-state index in [1.165, 1.54) is 11.8 Å². The highest BCUT2D eigenvalue weighted by Crippen LogP contribution is 2.27. The van der Waals surface area contributed by atoms with E-state index in [-0.39, 0.29) is 0 Å². The number of rotatable bonds is 2. The molecule has 0 unspecified atom stereocenters. The molecule has 0 fully saturated rings. The van der Waals surface area contributed by atoms with Gasteiger partial charge in [0, 0.05) is 13.2 Å². The maximum Gasteiger partial charge on any atom is 0.197 e. The SMILES string of the molecule is Cc1ccnc(Sc2nncn2C)c1C#N. The number of hydrogen-bond acceptors (Lipinski definition) is 5. The Morgan fingerprint density at radius 3 is 2.94 bits per heavy atom. The summed E-state index contributed by atoms with van der Waals surface area (Å²) < 4.78 is 1.79. The summed E-state index contributed by atoms with van der Waals surface area (Å²) in [6.45, 7) is 1.89. The van der Waals surface area contributed by atoms with Gasteiger partial charge in [-0.1, -0.05) is 0 Å². The zero-order chi connectivity index (χ0) is 11.5. The molecule has 2 aromatic rings. The number of aryl methyl sites for hydroxylation is 2. The van der Waals surface area contributed by atoms with Crippen LogP contribution >= 0.6 is 11.8 Å². The molecule has 0 aliphatic carbocycles. The molecule has 0 saturated heterocycles. The minimum absolute atomic E-state index is 0.593. The first kappa shape index (κ1) is 10.6. The Kier molecular flexibility index (Phi) is 2.88. The van der Waals surface area contributed by atoms with Gasteiger partial charge in [-0.15, -0.1) is 10.2 Å². The lowest BCUT2D eigenvalue weighted by atomic mass is 10.2. The molecule has 80 valence electrons. The molecule has 0 amide bonds. The van der Waals surface area contributed by atoms with E-state index in [0.717, 1.165) is 10.7 Å². The lowest BCUT2D eigenvalue weighted by Crippen LogP contribution is -1.93. The third-order valence-electron chi connectivity index (χ3n) is 2.09. The van der Waals surface area contributed by atoms with Crippen molar-refractivity contribution in [2.75, 3.05) is 0 Å². The predicted octanol–water partition coefficient (Wildman–Crippen LogP) is 1.54. The average Bonchev–Trinajstić information content (AvgIpc) is 2.65. The molecule has 6 heteroatoms. The minimum atomic E-state index is 0.593. The van der Waals surface area contributed by atoms with Gasteiger partial charge in [-0.05, 0) is 30.3 Å². The van der Waals surface area contributed by atoms with Gasteiger partial charge in [0.05, 0.1) is 5.56 Å². The van der Waals surface area contributed by atoms with Crippen molar-refractivity contribution in [1.82, 2.24) is 19.7 Å².